The Morgan fingerprint density at radius 1 is 0.449 bits per heavy atom. The number of hydrogen-bond donors (Lipinski definition) is 0. The third-order valence-electron chi connectivity index (χ3n) is 8.03. The van der Waals surface area contributed by atoms with Gasteiger partial charge in [0.1, 0.15) is 13.2 Å². The highest BCUT2D eigenvalue weighted by Gasteiger charge is 2.19. The monoisotopic (exact) mass is 685 g/mol. The van der Waals surface area contributed by atoms with Crippen LogP contribution in [-0.2, 0) is 28.6 Å². The molecular formula is C43H72O6. The lowest BCUT2D eigenvalue weighted by Gasteiger charge is -2.18. The summed E-state index contributed by atoms with van der Waals surface area (Å²) in [5.74, 6) is -1.00. The molecule has 0 spiro atoms. The zero-order valence-electron chi connectivity index (χ0n) is 31.7. The minimum atomic E-state index is -0.801. The Balaban J connectivity index is 4.51. The van der Waals surface area contributed by atoms with Gasteiger partial charge in [-0.3, -0.25) is 14.4 Å². The second-order valence-electron chi connectivity index (χ2n) is 12.8. The highest BCUT2D eigenvalue weighted by Crippen LogP contribution is 2.12. The van der Waals surface area contributed by atoms with Gasteiger partial charge in [0, 0.05) is 19.3 Å². The van der Waals surface area contributed by atoms with Gasteiger partial charge in [-0.2, -0.15) is 0 Å². The third-order valence-corrected chi connectivity index (χ3v) is 8.03. The summed E-state index contributed by atoms with van der Waals surface area (Å²) in [4.78, 5) is 37.4. The molecule has 6 heteroatoms. The molecule has 0 fully saturated rings. The number of rotatable bonds is 34. The van der Waals surface area contributed by atoms with Crippen LogP contribution in [0.1, 0.15) is 175 Å². The average molecular weight is 685 g/mol. The van der Waals surface area contributed by atoms with E-state index in [1.165, 1.54) is 51.4 Å². The first kappa shape index (κ1) is 46.1. The molecule has 0 aliphatic rings. The first-order valence-corrected chi connectivity index (χ1v) is 19.8. The van der Waals surface area contributed by atoms with Gasteiger partial charge in [-0.1, -0.05) is 152 Å². The first-order valence-electron chi connectivity index (χ1n) is 19.8. The molecule has 0 saturated heterocycles. The maximum absolute atomic E-state index is 12.6. The van der Waals surface area contributed by atoms with Gasteiger partial charge in [-0.15, -0.1) is 0 Å². The van der Waals surface area contributed by atoms with Crippen LogP contribution < -0.4 is 0 Å². The largest absolute Gasteiger partial charge is 0.462 e. The quantitative estimate of drug-likeness (QED) is 0.0221. The van der Waals surface area contributed by atoms with Crippen molar-refractivity contribution in [1.29, 1.82) is 0 Å². The molecule has 0 saturated carbocycles. The lowest BCUT2D eigenvalue weighted by Crippen LogP contribution is -2.30. The normalized spacial score (nSPS) is 12.6. The molecule has 0 radical (unpaired) electrons. The van der Waals surface area contributed by atoms with Crippen molar-refractivity contribution in [2.24, 2.45) is 0 Å². The molecule has 0 aromatic heterocycles. The number of allylic oxidation sites excluding steroid dienone is 10. The van der Waals surface area contributed by atoms with E-state index in [1.54, 1.807) is 0 Å². The van der Waals surface area contributed by atoms with E-state index in [0.29, 0.717) is 12.8 Å². The second kappa shape index (κ2) is 37.9. The van der Waals surface area contributed by atoms with Crippen molar-refractivity contribution in [3.63, 3.8) is 0 Å². The van der Waals surface area contributed by atoms with Crippen molar-refractivity contribution < 1.29 is 28.6 Å². The van der Waals surface area contributed by atoms with Crippen molar-refractivity contribution in [2.75, 3.05) is 13.2 Å². The van der Waals surface area contributed by atoms with Crippen LogP contribution in [0.5, 0.6) is 0 Å². The van der Waals surface area contributed by atoms with Crippen LogP contribution in [0, 0.1) is 0 Å². The Morgan fingerprint density at radius 2 is 0.898 bits per heavy atom. The number of esters is 3. The van der Waals surface area contributed by atoms with E-state index in [9.17, 15) is 14.4 Å². The van der Waals surface area contributed by atoms with Crippen LogP contribution in [-0.4, -0.2) is 37.2 Å². The molecule has 0 aliphatic carbocycles. The number of carbonyl (C=O) groups is 3. The third kappa shape index (κ3) is 36.2. The second-order valence-corrected chi connectivity index (χ2v) is 12.8. The fourth-order valence-electron chi connectivity index (χ4n) is 5.03. The lowest BCUT2D eigenvalue weighted by atomic mass is 10.1. The maximum atomic E-state index is 12.6. The highest BCUT2D eigenvalue weighted by molar-refractivity contribution is 5.71. The van der Waals surface area contributed by atoms with Gasteiger partial charge in [0.05, 0.1) is 0 Å². The Hall–Kier alpha value is -2.89. The Bertz CT molecular complexity index is 929. The van der Waals surface area contributed by atoms with Crippen molar-refractivity contribution >= 4 is 17.9 Å². The molecular weight excluding hydrogens is 612 g/mol. The zero-order chi connectivity index (χ0) is 35.9. The van der Waals surface area contributed by atoms with E-state index in [0.717, 1.165) is 77.0 Å². The summed E-state index contributed by atoms with van der Waals surface area (Å²) >= 11 is 0. The van der Waals surface area contributed by atoms with E-state index >= 15 is 0 Å². The molecule has 1 atom stereocenters. The molecule has 49 heavy (non-hydrogen) atoms. The molecule has 6 nitrogen and oxygen atoms in total. The number of carbonyl (C=O) groups excluding carboxylic acids is 3. The summed E-state index contributed by atoms with van der Waals surface area (Å²) in [6.07, 6.45) is 43.6. The highest BCUT2D eigenvalue weighted by atomic mass is 16.6. The lowest BCUT2D eigenvalue weighted by molar-refractivity contribution is -0.167. The molecule has 0 aliphatic heterocycles. The van der Waals surface area contributed by atoms with Crippen molar-refractivity contribution in [1.82, 2.24) is 0 Å². The average Bonchev–Trinajstić information content (AvgIpc) is 3.10. The predicted molar refractivity (Wildman–Crippen MR) is 205 cm³/mol. The fraction of sp³-hybridized carbons (Fsp3) is 0.698. The van der Waals surface area contributed by atoms with Gasteiger partial charge in [-0.05, 0) is 64.2 Å². The van der Waals surface area contributed by atoms with E-state index < -0.39 is 6.10 Å². The number of hydrogen-bond acceptors (Lipinski definition) is 6. The molecule has 0 bridgehead atoms. The summed E-state index contributed by atoms with van der Waals surface area (Å²) in [5.41, 5.74) is 0. The molecule has 280 valence electrons. The van der Waals surface area contributed by atoms with Crippen molar-refractivity contribution in [3.8, 4) is 0 Å². The maximum Gasteiger partial charge on any atom is 0.306 e. The van der Waals surface area contributed by atoms with Crippen molar-refractivity contribution in [3.05, 3.63) is 60.8 Å². The van der Waals surface area contributed by atoms with Crippen LogP contribution in [0.4, 0.5) is 0 Å². The molecule has 0 N–H and O–H groups in total. The molecule has 0 aromatic carbocycles. The van der Waals surface area contributed by atoms with Gasteiger partial charge in [0.25, 0.3) is 0 Å². The van der Waals surface area contributed by atoms with E-state index in [1.807, 2.05) is 0 Å². The SMILES string of the molecule is CC/C=C\C/C=C\C/C=C\CCCC(=O)OCC(COC(=O)CCCCCCCCCCC)OC(=O)CCCCC/C=C\C=C/CCCC. The van der Waals surface area contributed by atoms with Gasteiger partial charge in [0.15, 0.2) is 6.10 Å². The minimum absolute atomic E-state index is 0.101. The molecule has 0 heterocycles. The first-order chi connectivity index (χ1) is 24.0. The van der Waals surface area contributed by atoms with Crippen molar-refractivity contribution in [2.45, 2.75) is 181 Å². The number of ether oxygens (including phenoxy) is 3. The summed E-state index contributed by atoms with van der Waals surface area (Å²) < 4.78 is 16.5. The van der Waals surface area contributed by atoms with E-state index in [4.69, 9.17) is 14.2 Å². The van der Waals surface area contributed by atoms with Crippen LogP contribution in [0.3, 0.4) is 0 Å². The Morgan fingerprint density at radius 3 is 1.49 bits per heavy atom. The molecule has 1 unspecified atom stereocenters. The van der Waals surface area contributed by atoms with E-state index in [2.05, 4.69) is 81.5 Å². The summed E-state index contributed by atoms with van der Waals surface area (Å²) in [7, 11) is 0. The molecule has 0 aromatic rings. The summed E-state index contributed by atoms with van der Waals surface area (Å²) in [5, 5.41) is 0. The Kier molecular flexibility index (Phi) is 35.7. The number of unbranched alkanes of at least 4 members (excludes halogenated alkanes) is 14. The molecule has 0 rings (SSSR count). The van der Waals surface area contributed by atoms with Gasteiger partial charge in [-0.25, -0.2) is 0 Å². The smallest absolute Gasteiger partial charge is 0.306 e. The summed E-state index contributed by atoms with van der Waals surface area (Å²) in [6.45, 7) is 6.33. The van der Waals surface area contributed by atoms with E-state index in [-0.39, 0.29) is 44.0 Å². The topological polar surface area (TPSA) is 78.9 Å². The van der Waals surface area contributed by atoms with Crippen LogP contribution >= 0.6 is 0 Å². The van der Waals surface area contributed by atoms with Gasteiger partial charge < -0.3 is 14.2 Å². The van der Waals surface area contributed by atoms with Crippen LogP contribution in [0.25, 0.3) is 0 Å². The van der Waals surface area contributed by atoms with Crippen LogP contribution in [0.2, 0.25) is 0 Å². The zero-order valence-corrected chi connectivity index (χ0v) is 31.7. The van der Waals surface area contributed by atoms with Gasteiger partial charge >= 0.3 is 17.9 Å². The van der Waals surface area contributed by atoms with Gasteiger partial charge in [0.2, 0.25) is 0 Å². The standard InChI is InChI=1S/C43H72O6/c1-4-7-10-13-16-19-21-24-27-30-33-36-42(45)48-39-40(38-47-41(44)35-32-29-26-23-18-15-12-9-6-3)49-43(46)37-34-31-28-25-22-20-17-14-11-8-5-2/h7,10,14,16-17,19-20,22,24,27,40H,4-6,8-9,11-13,15,18,21,23,25-26,28-39H2,1-3H3/b10-7-,17-14-,19-16-,22-20-,27-24-. The fourth-order valence-corrected chi connectivity index (χ4v) is 5.03. The minimum Gasteiger partial charge on any atom is -0.462 e. The summed E-state index contributed by atoms with van der Waals surface area (Å²) in [6, 6.07) is 0. The predicted octanol–water partition coefficient (Wildman–Crippen LogP) is 12.2. The van der Waals surface area contributed by atoms with Crippen LogP contribution in [0.15, 0.2) is 60.8 Å². The Labute approximate surface area is 300 Å². The molecule has 0 amide bonds.